The molecule has 0 aliphatic rings. The van der Waals surface area contributed by atoms with Crippen LogP contribution in [0, 0.1) is 11.6 Å². The summed E-state index contributed by atoms with van der Waals surface area (Å²) < 4.78 is 28.7. The quantitative estimate of drug-likeness (QED) is 0.518. The second-order valence-corrected chi connectivity index (χ2v) is 6.72. The van der Waals surface area contributed by atoms with Gasteiger partial charge in [0.25, 0.3) is 0 Å². The molecule has 4 rings (SSSR count). The number of nitrogens with one attached hydrogen (secondary N) is 2. The van der Waals surface area contributed by atoms with Crippen LogP contribution in [0.25, 0.3) is 23.1 Å². The average Bonchev–Trinajstić information content (AvgIpc) is 3.24. The second kappa shape index (κ2) is 7.26. The van der Waals surface area contributed by atoms with Gasteiger partial charge in [-0.1, -0.05) is 0 Å². The lowest BCUT2D eigenvalue weighted by Crippen LogP contribution is -2.07. The molecule has 0 saturated carbocycles. The molecule has 2 heterocycles. The number of aromatic nitrogens is 4. The van der Waals surface area contributed by atoms with Crippen molar-refractivity contribution in [2.75, 3.05) is 5.32 Å². The van der Waals surface area contributed by atoms with Crippen molar-refractivity contribution in [2.45, 2.75) is 13.0 Å². The third-order valence-electron chi connectivity index (χ3n) is 4.52. The van der Waals surface area contributed by atoms with Crippen LogP contribution in [-0.4, -0.2) is 20.0 Å². The van der Waals surface area contributed by atoms with Crippen LogP contribution < -0.4 is 5.32 Å². The van der Waals surface area contributed by atoms with E-state index in [0.29, 0.717) is 5.56 Å². The highest BCUT2D eigenvalue weighted by Crippen LogP contribution is 2.26. The number of H-pyrrole nitrogens is 1. The molecule has 28 heavy (non-hydrogen) atoms. The molecule has 0 fully saturated rings. The molecule has 0 saturated heterocycles. The Kier molecular flexibility index (Phi) is 4.65. The zero-order valence-corrected chi connectivity index (χ0v) is 15.4. The molecule has 0 aliphatic carbocycles. The highest BCUT2D eigenvalue weighted by molar-refractivity contribution is 5.91. The molecule has 0 bridgehead atoms. The second-order valence-electron chi connectivity index (χ2n) is 6.72. The van der Waals surface area contributed by atoms with Crippen molar-refractivity contribution in [1.82, 2.24) is 20.0 Å². The van der Waals surface area contributed by atoms with Crippen LogP contribution in [0.15, 0.2) is 48.8 Å². The van der Waals surface area contributed by atoms with Gasteiger partial charge in [0.15, 0.2) is 0 Å². The van der Waals surface area contributed by atoms with E-state index in [1.54, 1.807) is 10.9 Å². The maximum absolute atomic E-state index is 13.5. The normalized spacial score (nSPS) is 12.7. The minimum atomic E-state index is -0.586. The van der Waals surface area contributed by atoms with E-state index in [4.69, 9.17) is 0 Å². The van der Waals surface area contributed by atoms with Crippen LogP contribution in [0.5, 0.6) is 0 Å². The molecule has 2 aromatic carbocycles. The van der Waals surface area contributed by atoms with Crippen molar-refractivity contribution in [1.29, 1.82) is 0 Å². The fourth-order valence-electron chi connectivity index (χ4n) is 3.11. The fourth-order valence-corrected chi connectivity index (χ4v) is 3.11. The molecule has 1 unspecified atom stereocenters. The minimum absolute atomic E-state index is 0.260. The van der Waals surface area contributed by atoms with Crippen LogP contribution in [0.4, 0.5) is 14.5 Å². The van der Waals surface area contributed by atoms with E-state index in [0.717, 1.165) is 33.9 Å². The van der Waals surface area contributed by atoms with Crippen molar-refractivity contribution in [2.24, 2.45) is 7.05 Å². The molecule has 0 radical (unpaired) electrons. The number of halogens is 2. The lowest BCUT2D eigenvalue weighted by atomic mass is 10.1. The standard InChI is InChI=1S/C21H19F2N5/c1-13(15-7-16(22)9-17(23)8-15)25-18-4-6-21-19(10-18)20(26-27-21)5-3-14-11-24-28(2)12-14/h3-13,25H,1-2H3,(H,26,27)/b5-3+. The number of benzene rings is 2. The first kappa shape index (κ1) is 17.9. The van der Waals surface area contributed by atoms with E-state index in [1.807, 2.05) is 50.5 Å². The van der Waals surface area contributed by atoms with Gasteiger partial charge in [0, 0.05) is 42.0 Å². The molecular formula is C21H19F2N5. The van der Waals surface area contributed by atoms with Crippen molar-refractivity contribution in [3.8, 4) is 0 Å². The minimum Gasteiger partial charge on any atom is -0.378 e. The number of aryl methyl sites for hydroxylation is 1. The first-order chi connectivity index (χ1) is 13.5. The summed E-state index contributed by atoms with van der Waals surface area (Å²) in [4.78, 5) is 0. The molecule has 4 aromatic rings. The summed E-state index contributed by atoms with van der Waals surface area (Å²) in [5, 5.41) is 15.7. The Balaban J connectivity index is 1.59. The molecular weight excluding hydrogens is 360 g/mol. The van der Waals surface area contributed by atoms with E-state index in [1.165, 1.54) is 12.1 Å². The van der Waals surface area contributed by atoms with E-state index in [2.05, 4.69) is 20.6 Å². The van der Waals surface area contributed by atoms with Gasteiger partial charge in [-0.3, -0.25) is 9.78 Å². The zero-order valence-electron chi connectivity index (χ0n) is 15.4. The summed E-state index contributed by atoms with van der Waals surface area (Å²) in [7, 11) is 1.87. The Hall–Kier alpha value is -3.48. The number of nitrogens with zero attached hydrogens (tertiary/aromatic N) is 3. The maximum atomic E-state index is 13.5. The summed E-state index contributed by atoms with van der Waals surface area (Å²) in [6, 6.07) is 9.07. The number of fused-ring (bicyclic) bond motifs is 1. The van der Waals surface area contributed by atoms with E-state index in [9.17, 15) is 8.78 Å². The number of aromatic amines is 1. The Morgan fingerprint density at radius 2 is 1.89 bits per heavy atom. The predicted octanol–water partition coefficient (Wildman–Crippen LogP) is 4.92. The molecule has 0 aliphatic heterocycles. The molecule has 2 aromatic heterocycles. The van der Waals surface area contributed by atoms with Gasteiger partial charge in [0.2, 0.25) is 0 Å². The van der Waals surface area contributed by atoms with Crippen LogP contribution in [-0.2, 0) is 7.05 Å². The third-order valence-corrected chi connectivity index (χ3v) is 4.52. The summed E-state index contributed by atoms with van der Waals surface area (Å²) in [5.74, 6) is -1.17. The van der Waals surface area contributed by atoms with Crippen LogP contribution in [0.2, 0.25) is 0 Å². The van der Waals surface area contributed by atoms with Crippen LogP contribution in [0.3, 0.4) is 0 Å². The van der Waals surface area contributed by atoms with E-state index < -0.39 is 11.6 Å². The first-order valence-electron chi connectivity index (χ1n) is 8.85. The fraction of sp³-hybridized carbons (Fsp3) is 0.143. The molecule has 0 amide bonds. The van der Waals surface area contributed by atoms with Gasteiger partial charge in [-0.05, 0) is 55.0 Å². The van der Waals surface area contributed by atoms with Gasteiger partial charge in [-0.2, -0.15) is 10.2 Å². The molecule has 0 spiro atoms. The van der Waals surface area contributed by atoms with Gasteiger partial charge in [-0.25, -0.2) is 8.78 Å². The van der Waals surface area contributed by atoms with Crippen molar-refractivity contribution in [3.63, 3.8) is 0 Å². The average molecular weight is 379 g/mol. The number of anilines is 1. The van der Waals surface area contributed by atoms with Crippen molar-refractivity contribution < 1.29 is 8.78 Å². The van der Waals surface area contributed by atoms with Gasteiger partial charge in [0.05, 0.1) is 17.4 Å². The number of rotatable bonds is 5. The summed E-state index contributed by atoms with van der Waals surface area (Å²) in [5.41, 5.74) is 4.06. The molecule has 142 valence electrons. The third kappa shape index (κ3) is 3.78. The van der Waals surface area contributed by atoms with Gasteiger partial charge < -0.3 is 5.32 Å². The number of hydrogen-bond donors (Lipinski definition) is 2. The van der Waals surface area contributed by atoms with Crippen LogP contribution >= 0.6 is 0 Å². The van der Waals surface area contributed by atoms with E-state index in [-0.39, 0.29) is 6.04 Å². The SMILES string of the molecule is CC(Nc1ccc2[nH]nc(/C=C/c3cnn(C)c3)c2c1)c1cc(F)cc(F)c1. The van der Waals surface area contributed by atoms with Gasteiger partial charge in [0.1, 0.15) is 11.6 Å². The number of hydrogen-bond acceptors (Lipinski definition) is 3. The summed E-state index contributed by atoms with van der Waals surface area (Å²) >= 11 is 0. The van der Waals surface area contributed by atoms with E-state index >= 15 is 0 Å². The maximum Gasteiger partial charge on any atom is 0.126 e. The van der Waals surface area contributed by atoms with Gasteiger partial charge in [-0.15, -0.1) is 0 Å². The smallest absolute Gasteiger partial charge is 0.126 e. The lowest BCUT2D eigenvalue weighted by Gasteiger charge is -2.16. The molecule has 5 nitrogen and oxygen atoms in total. The topological polar surface area (TPSA) is 58.5 Å². The Labute approximate surface area is 160 Å². The lowest BCUT2D eigenvalue weighted by molar-refractivity contribution is 0.577. The Morgan fingerprint density at radius 3 is 2.61 bits per heavy atom. The summed E-state index contributed by atoms with van der Waals surface area (Å²) in [6.45, 7) is 1.86. The largest absolute Gasteiger partial charge is 0.378 e. The molecule has 2 N–H and O–H groups in total. The molecule has 7 heteroatoms. The highest BCUT2D eigenvalue weighted by atomic mass is 19.1. The first-order valence-corrected chi connectivity index (χ1v) is 8.85. The predicted molar refractivity (Wildman–Crippen MR) is 107 cm³/mol. The van der Waals surface area contributed by atoms with Crippen molar-refractivity contribution in [3.05, 3.63) is 77.2 Å². The highest BCUT2D eigenvalue weighted by Gasteiger charge is 2.10. The Bertz CT molecular complexity index is 1140. The van der Waals surface area contributed by atoms with Crippen molar-refractivity contribution >= 4 is 28.7 Å². The Morgan fingerprint density at radius 1 is 1.11 bits per heavy atom. The van der Waals surface area contributed by atoms with Crippen LogP contribution in [0.1, 0.15) is 29.8 Å². The monoisotopic (exact) mass is 379 g/mol. The summed E-state index contributed by atoms with van der Waals surface area (Å²) in [6.07, 6.45) is 7.56. The molecule has 1 atom stereocenters. The zero-order chi connectivity index (χ0) is 19.7. The van der Waals surface area contributed by atoms with Gasteiger partial charge >= 0.3 is 0 Å².